The lowest BCUT2D eigenvalue weighted by Gasteiger charge is -2.25. The third kappa shape index (κ3) is 13.7. The van der Waals surface area contributed by atoms with Gasteiger partial charge in [0.1, 0.15) is 0 Å². The molecule has 7 N–H and O–H groups in total. The molecule has 0 aromatic rings. The molecule has 0 radical (unpaired) electrons. The minimum Gasteiger partial charge on any atom is -0.480 e. The molecule has 0 aliphatic rings. The van der Waals surface area contributed by atoms with Gasteiger partial charge in [-0.1, -0.05) is 0 Å². The first kappa shape index (κ1) is 22.6. The van der Waals surface area contributed by atoms with Crippen molar-refractivity contribution in [1.29, 1.82) is 0 Å². The van der Waals surface area contributed by atoms with Gasteiger partial charge in [-0.05, 0) is 0 Å². The second-order valence-corrected chi connectivity index (χ2v) is 5.15. The topological polar surface area (TPSA) is 186 Å². The molecule has 12 heteroatoms. The Hall–Kier alpha value is -2.44. The van der Waals surface area contributed by atoms with Crippen molar-refractivity contribution in [3.8, 4) is 0 Å². The molecule has 0 saturated heterocycles. The van der Waals surface area contributed by atoms with E-state index in [1.54, 1.807) is 0 Å². The van der Waals surface area contributed by atoms with Gasteiger partial charge in [-0.25, -0.2) is 4.79 Å². The van der Waals surface area contributed by atoms with Crippen molar-refractivity contribution in [2.45, 2.75) is 0 Å². The summed E-state index contributed by atoms with van der Waals surface area (Å²) in [6.07, 6.45) is -1.17. The molecule has 0 aromatic carbocycles. The van der Waals surface area contributed by atoms with Crippen LogP contribution in [0.15, 0.2) is 0 Å². The molecular weight excluding hydrogens is 338 g/mol. The predicted octanol–water partition coefficient (Wildman–Crippen LogP) is -2.90. The Morgan fingerprint density at radius 1 is 0.800 bits per heavy atom. The molecular formula is C13H25N5O7. The largest absolute Gasteiger partial charge is 0.480 e. The van der Waals surface area contributed by atoms with Crippen LogP contribution >= 0.6 is 0 Å². The van der Waals surface area contributed by atoms with Crippen LogP contribution in [0.3, 0.4) is 0 Å². The number of aliphatic carboxylic acids is 2. The summed E-state index contributed by atoms with van der Waals surface area (Å²) >= 11 is 0. The molecule has 0 atom stereocenters. The number of hydrogen-bond donors (Lipinski definition) is 6. The molecule has 0 heterocycles. The van der Waals surface area contributed by atoms with Gasteiger partial charge < -0.3 is 36.6 Å². The molecule has 0 bridgehead atoms. The van der Waals surface area contributed by atoms with E-state index < -0.39 is 23.9 Å². The van der Waals surface area contributed by atoms with Gasteiger partial charge >= 0.3 is 18.0 Å². The number of carboxylic acid groups (broad SMARTS) is 3. The fourth-order valence-electron chi connectivity index (χ4n) is 1.88. The summed E-state index contributed by atoms with van der Waals surface area (Å²) < 4.78 is 0. The third-order valence-electron chi connectivity index (χ3n) is 3.05. The number of carbonyl (C=O) groups is 4. The highest BCUT2D eigenvalue weighted by Crippen LogP contribution is 1.94. The standard InChI is InChI=1S/C13H25N5O7/c14-10(19)7-15-2-4-18(13(24)25)6-5-17(9-12(22)23)3-1-16-8-11(20)21/h15-16H,1-9H2,(H2,14,19)(H,20,21)(H,22,23)(H,24,25). The van der Waals surface area contributed by atoms with Crippen LogP contribution in [0, 0.1) is 0 Å². The van der Waals surface area contributed by atoms with E-state index in [0.717, 1.165) is 4.90 Å². The summed E-state index contributed by atoms with van der Waals surface area (Å²) in [5, 5.41) is 31.9. The number of rotatable bonds is 15. The van der Waals surface area contributed by atoms with Crippen molar-refractivity contribution in [3.05, 3.63) is 0 Å². The Balaban J connectivity index is 4.32. The molecule has 2 amide bonds. The normalized spacial score (nSPS) is 10.6. The van der Waals surface area contributed by atoms with Crippen molar-refractivity contribution in [2.24, 2.45) is 5.73 Å². The van der Waals surface area contributed by atoms with Crippen LogP contribution in [-0.2, 0) is 14.4 Å². The Bertz CT molecular complexity index is 460. The molecule has 0 aliphatic heterocycles. The van der Waals surface area contributed by atoms with Gasteiger partial charge in [-0.3, -0.25) is 19.3 Å². The van der Waals surface area contributed by atoms with Crippen LogP contribution in [0.25, 0.3) is 0 Å². The van der Waals surface area contributed by atoms with Gasteiger partial charge in [0.25, 0.3) is 0 Å². The number of carboxylic acids is 2. The third-order valence-corrected chi connectivity index (χ3v) is 3.05. The van der Waals surface area contributed by atoms with Crippen LogP contribution in [0.1, 0.15) is 0 Å². The lowest BCUT2D eigenvalue weighted by Crippen LogP contribution is -2.44. The smallest absolute Gasteiger partial charge is 0.407 e. The van der Waals surface area contributed by atoms with Gasteiger partial charge in [0, 0.05) is 39.3 Å². The summed E-state index contributed by atoms with van der Waals surface area (Å²) in [6, 6.07) is 0. The summed E-state index contributed by atoms with van der Waals surface area (Å²) in [4.78, 5) is 45.6. The highest BCUT2D eigenvalue weighted by Gasteiger charge is 2.15. The quantitative estimate of drug-likeness (QED) is 0.165. The van der Waals surface area contributed by atoms with Crippen molar-refractivity contribution < 1.29 is 34.5 Å². The Labute approximate surface area is 144 Å². The van der Waals surface area contributed by atoms with E-state index in [1.165, 1.54) is 4.90 Å². The van der Waals surface area contributed by atoms with E-state index in [9.17, 15) is 19.2 Å². The van der Waals surface area contributed by atoms with Gasteiger partial charge in [0.15, 0.2) is 0 Å². The molecule has 0 aromatic heterocycles. The minimum atomic E-state index is -1.17. The summed E-state index contributed by atoms with van der Waals surface area (Å²) in [6.45, 7) is 0.502. The highest BCUT2D eigenvalue weighted by atomic mass is 16.4. The molecule has 0 spiro atoms. The first-order valence-electron chi connectivity index (χ1n) is 7.56. The van der Waals surface area contributed by atoms with Gasteiger partial charge in [0.05, 0.1) is 19.6 Å². The molecule has 0 aliphatic carbocycles. The summed E-state index contributed by atoms with van der Waals surface area (Å²) in [7, 11) is 0. The maximum absolute atomic E-state index is 11.2. The number of nitrogens with one attached hydrogen (secondary N) is 2. The maximum atomic E-state index is 11.2. The number of hydrogen-bond acceptors (Lipinski definition) is 7. The van der Waals surface area contributed by atoms with E-state index in [4.69, 9.17) is 21.1 Å². The summed E-state index contributed by atoms with van der Waals surface area (Å²) in [5.41, 5.74) is 4.95. The SMILES string of the molecule is NC(=O)CNCCN(CCN(CCNCC(=O)O)CC(=O)O)C(=O)O. The Morgan fingerprint density at radius 3 is 1.92 bits per heavy atom. The van der Waals surface area contributed by atoms with E-state index in [0.29, 0.717) is 0 Å². The lowest BCUT2D eigenvalue weighted by atomic mass is 10.4. The lowest BCUT2D eigenvalue weighted by molar-refractivity contribution is -0.139. The van der Waals surface area contributed by atoms with Crippen LogP contribution in [-0.4, -0.2) is 108 Å². The molecule has 25 heavy (non-hydrogen) atoms. The zero-order chi connectivity index (χ0) is 19.2. The van der Waals surface area contributed by atoms with Crippen molar-refractivity contribution in [3.63, 3.8) is 0 Å². The zero-order valence-corrected chi connectivity index (χ0v) is 13.8. The Morgan fingerprint density at radius 2 is 1.40 bits per heavy atom. The van der Waals surface area contributed by atoms with E-state index in [-0.39, 0.29) is 58.9 Å². The fourth-order valence-corrected chi connectivity index (χ4v) is 1.88. The van der Waals surface area contributed by atoms with Crippen molar-refractivity contribution in [1.82, 2.24) is 20.4 Å². The van der Waals surface area contributed by atoms with Gasteiger partial charge in [0.2, 0.25) is 5.91 Å². The molecule has 12 nitrogen and oxygen atoms in total. The second kappa shape index (κ2) is 12.9. The highest BCUT2D eigenvalue weighted by molar-refractivity contribution is 5.75. The number of nitrogens with two attached hydrogens (primary N) is 1. The minimum absolute atomic E-state index is 0.0617. The predicted molar refractivity (Wildman–Crippen MR) is 86.2 cm³/mol. The molecule has 0 rings (SSSR count). The van der Waals surface area contributed by atoms with Crippen LogP contribution in [0.4, 0.5) is 4.79 Å². The molecule has 0 saturated carbocycles. The first-order chi connectivity index (χ1) is 11.7. The van der Waals surface area contributed by atoms with Gasteiger partial charge in [-0.15, -0.1) is 0 Å². The number of amides is 2. The Kier molecular flexibility index (Phi) is 11.7. The van der Waals surface area contributed by atoms with Crippen LogP contribution in [0.5, 0.6) is 0 Å². The van der Waals surface area contributed by atoms with Crippen LogP contribution < -0.4 is 16.4 Å². The van der Waals surface area contributed by atoms with Gasteiger partial charge in [-0.2, -0.15) is 0 Å². The van der Waals surface area contributed by atoms with Crippen molar-refractivity contribution in [2.75, 3.05) is 58.9 Å². The van der Waals surface area contributed by atoms with Crippen LogP contribution in [0.2, 0.25) is 0 Å². The molecule has 144 valence electrons. The van der Waals surface area contributed by atoms with E-state index in [1.807, 2.05) is 0 Å². The van der Waals surface area contributed by atoms with E-state index in [2.05, 4.69) is 10.6 Å². The number of nitrogens with zero attached hydrogens (tertiary/aromatic N) is 2. The maximum Gasteiger partial charge on any atom is 0.407 e. The average Bonchev–Trinajstić information content (AvgIpc) is 2.48. The fraction of sp³-hybridized carbons (Fsp3) is 0.692. The molecule has 0 unspecified atom stereocenters. The zero-order valence-electron chi connectivity index (χ0n) is 13.8. The summed E-state index contributed by atoms with van der Waals surface area (Å²) in [5.74, 6) is -2.64. The number of carbonyl (C=O) groups excluding carboxylic acids is 1. The average molecular weight is 363 g/mol. The van der Waals surface area contributed by atoms with E-state index >= 15 is 0 Å². The number of primary amides is 1. The van der Waals surface area contributed by atoms with Crippen molar-refractivity contribution >= 4 is 23.9 Å². The monoisotopic (exact) mass is 363 g/mol. The first-order valence-corrected chi connectivity index (χ1v) is 7.56. The second-order valence-electron chi connectivity index (χ2n) is 5.15. The molecule has 0 fully saturated rings.